The fourth-order valence-electron chi connectivity index (χ4n) is 2.25. The normalized spacial score (nSPS) is 19.1. The number of rotatable bonds is 3. The summed E-state index contributed by atoms with van der Waals surface area (Å²) in [4.78, 5) is 11.0. The number of halogens is 1. The lowest BCUT2D eigenvalue weighted by Crippen LogP contribution is -2.30. The standard InChI is InChI=1S/C13H16ClNO4S/c1-13(2)5-6-15(8-13)20(18,19)9-3-4-11(14)10(7-9)12(16)17/h3-4,7H,5-6,8H2,1-2H3,(H,16,17). The van der Waals surface area contributed by atoms with Gasteiger partial charge in [-0.25, -0.2) is 13.2 Å². The first kappa shape index (κ1) is 15.3. The van der Waals surface area contributed by atoms with Crippen molar-refractivity contribution in [2.24, 2.45) is 5.41 Å². The fraction of sp³-hybridized carbons (Fsp3) is 0.462. The average Bonchev–Trinajstić information content (AvgIpc) is 2.70. The van der Waals surface area contributed by atoms with Gasteiger partial charge in [0.1, 0.15) is 0 Å². The number of carboxylic acid groups (broad SMARTS) is 1. The van der Waals surface area contributed by atoms with Crippen LogP contribution in [0.25, 0.3) is 0 Å². The molecule has 5 nitrogen and oxygen atoms in total. The molecule has 0 bridgehead atoms. The molecule has 2 rings (SSSR count). The van der Waals surface area contributed by atoms with Gasteiger partial charge < -0.3 is 5.11 Å². The van der Waals surface area contributed by atoms with E-state index in [1.165, 1.54) is 16.4 Å². The Kier molecular flexibility index (Phi) is 3.83. The van der Waals surface area contributed by atoms with E-state index >= 15 is 0 Å². The van der Waals surface area contributed by atoms with Crippen molar-refractivity contribution >= 4 is 27.6 Å². The van der Waals surface area contributed by atoms with Gasteiger partial charge in [0.05, 0.1) is 15.5 Å². The zero-order chi connectivity index (χ0) is 15.1. The van der Waals surface area contributed by atoms with Crippen LogP contribution in [0.4, 0.5) is 0 Å². The van der Waals surface area contributed by atoms with Crippen LogP contribution in [0.1, 0.15) is 30.6 Å². The molecule has 20 heavy (non-hydrogen) atoms. The van der Waals surface area contributed by atoms with Gasteiger partial charge in [0, 0.05) is 13.1 Å². The van der Waals surface area contributed by atoms with Crippen molar-refractivity contribution in [1.29, 1.82) is 0 Å². The number of carbonyl (C=O) groups is 1. The Morgan fingerprint density at radius 1 is 1.40 bits per heavy atom. The zero-order valence-corrected chi connectivity index (χ0v) is 12.8. The molecule has 0 spiro atoms. The molecule has 0 radical (unpaired) electrons. The number of carboxylic acids is 1. The highest BCUT2D eigenvalue weighted by atomic mass is 35.5. The SMILES string of the molecule is CC1(C)CCN(S(=O)(=O)c2ccc(Cl)c(C(=O)O)c2)C1. The van der Waals surface area contributed by atoms with Gasteiger partial charge in [-0.3, -0.25) is 0 Å². The monoisotopic (exact) mass is 317 g/mol. The van der Waals surface area contributed by atoms with E-state index in [2.05, 4.69) is 0 Å². The minimum Gasteiger partial charge on any atom is -0.478 e. The van der Waals surface area contributed by atoms with Crippen LogP contribution >= 0.6 is 11.6 Å². The molecule has 1 N–H and O–H groups in total. The van der Waals surface area contributed by atoms with Crippen LogP contribution in [-0.4, -0.2) is 36.9 Å². The van der Waals surface area contributed by atoms with E-state index in [1.54, 1.807) is 0 Å². The summed E-state index contributed by atoms with van der Waals surface area (Å²) >= 11 is 5.76. The first-order chi connectivity index (χ1) is 9.13. The van der Waals surface area contributed by atoms with E-state index in [4.69, 9.17) is 16.7 Å². The lowest BCUT2D eigenvalue weighted by Gasteiger charge is -2.20. The molecular weight excluding hydrogens is 302 g/mol. The fourth-order valence-corrected chi connectivity index (χ4v) is 4.10. The molecule has 0 aliphatic carbocycles. The highest BCUT2D eigenvalue weighted by Crippen LogP contribution is 2.33. The van der Waals surface area contributed by atoms with Gasteiger partial charge in [-0.1, -0.05) is 25.4 Å². The van der Waals surface area contributed by atoms with Crippen LogP contribution in [0.3, 0.4) is 0 Å². The summed E-state index contributed by atoms with van der Waals surface area (Å²) in [5.41, 5.74) is -0.263. The predicted molar refractivity (Wildman–Crippen MR) is 75.6 cm³/mol. The van der Waals surface area contributed by atoms with Crippen LogP contribution < -0.4 is 0 Å². The summed E-state index contributed by atoms with van der Waals surface area (Å²) in [6, 6.07) is 3.76. The molecule has 1 aliphatic rings. The molecule has 0 aromatic heterocycles. The summed E-state index contributed by atoms with van der Waals surface area (Å²) in [5.74, 6) is -1.24. The highest BCUT2D eigenvalue weighted by Gasteiger charge is 2.37. The van der Waals surface area contributed by atoms with Gasteiger partial charge >= 0.3 is 5.97 Å². The molecule has 0 amide bonds. The summed E-state index contributed by atoms with van der Waals surface area (Å²) in [6.45, 7) is 4.89. The molecule has 0 saturated carbocycles. The maximum Gasteiger partial charge on any atom is 0.337 e. The minimum atomic E-state index is -3.67. The van der Waals surface area contributed by atoms with Crippen LogP contribution in [-0.2, 0) is 10.0 Å². The predicted octanol–water partition coefficient (Wildman–Crippen LogP) is 2.46. The number of sulfonamides is 1. The first-order valence-electron chi connectivity index (χ1n) is 6.16. The van der Waals surface area contributed by atoms with Crippen LogP contribution in [0.2, 0.25) is 5.02 Å². The van der Waals surface area contributed by atoms with Crippen molar-refractivity contribution in [3.8, 4) is 0 Å². The number of benzene rings is 1. The number of nitrogens with zero attached hydrogens (tertiary/aromatic N) is 1. The summed E-state index contributed by atoms with van der Waals surface area (Å²) in [6.07, 6.45) is 0.783. The molecule has 1 heterocycles. The molecule has 0 atom stereocenters. The van der Waals surface area contributed by atoms with Crippen molar-refractivity contribution in [3.05, 3.63) is 28.8 Å². The second kappa shape index (κ2) is 5.02. The third kappa shape index (κ3) is 2.82. The van der Waals surface area contributed by atoms with Crippen molar-refractivity contribution < 1.29 is 18.3 Å². The minimum absolute atomic E-state index is 0.0261. The summed E-state index contributed by atoms with van der Waals surface area (Å²) in [7, 11) is -3.67. The highest BCUT2D eigenvalue weighted by molar-refractivity contribution is 7.89. The van der Waals surface area contributed by atoms with E-state index in [9.17, 15) is 13.2 Å². The molecule has 1 saturated heterocycles. The molecule has 7 heteroatoms. The largest absolute Gasteiger partial charge is 0.478 e. The number of hydrogen-bond acceptors (Lipinski definition) is 3. The Bertz CT molecular complexity index is 654. The molecule has 1 aromatic carbocycles. The quantitative estimate of drug-likeness (QED) is 0.929. The van der Waals surface area contributed by atoms with Gasteiger partial charge in [0.2, 0.25) is 10.0 Å². The van der Waals surface area contributed by atoms with E-state index in [-0.39, 0.29) is 20.9 Å². The van der Waals surface area contributed by atoms with Gasteiger partial charge in [0.25, 0.3) is 0 Å². The molecular formula is C13H16ClNO4S. The maximum absolute atomic E-state index is 12.5. The van der Waals surface area contributed by atoms with Gasteiger partial charge in [-0.2, -0.15) is 4.31 Å². The molecule has 1 aliphatic heterocycles. The Morgan fingerprint density at radius 3 is 2.55 bits per heavy atom. The van der Waals surface area contributed by atoms with Crippen LogP contribution in [0.15, 0.2) is 23.1 Å². The second-order valence-electron chi connectivity index (χ2n) is 5.70. The second-order valence-corrected chi connectivity index (χ2v) is 8.04. The first-order valence-corrected chi connectivity index (χ1v) is 7.98. The van der Waals surface area contributed by atoms with Crippen molar-refractivity contribution in [2.75, 3.05) is 13.1 Å². The number of hydrogen-bond donors (Lipinski definition) is 1. The van der Waals surface area contributed by atoms with E-state index in [0.717, 1.165) is 12.5 Å². The van der Waals surface area contributed by atoms with Gasteiger partial charge in [-0.05, 0) is 30.0 Å². The Labute approximate surface area is 123 Å². The smallest absolute Gasteiger partial charge is 0.337 e. The molecule has 1 aromatic rings. The Hall–Kier alpha value is -1.11. The van der Waals surface area contributed by atoms with E-state index in [0.29, 0.717) is 13.1 Å². The Balaban J connectivity index is 2.41. The molecule has 110 valence electrons. The summed E-state index contributed by atoms with van der Waals surface area (Å²) in [5, 5.41) is 9.04. The van der Waals surface area contributed by atoms with Crippen molar-refractivity contribution in [2.45, 2.75) is 25.2 Å². The Morgan fingerprint density at radius 2 is 2.05 bits per heavy atom. The van der Waals surface area contributed by atoms with Gasteiger partial charge in [0.15, 0.2) is 0 Å². The lowest BCUT2D eigenvalue weighted by molar-refractivity contribution is 0.0697. The number of aromatic carboxylic acids is 1. The van der Waals surface area contributed by atoms with Gasteiger partial charge in [-0.15, -0.1) is 0 Å². The van der Waals surface area contributed by atoms with E-state index < -0.39 is 16.0 Å². The third-order valence-electron chi connectivity index (χ3n) is 3.45. The van der Waals surface area contributed by atoms with Crippen LogP contribution in [0.5, 0.6) is 0 Å². The topological polar surface area (TPSA) is 74.7 Å². The van der Waals surface area contributed by atoms with E-state index in [1.807, 2.05) is 13.8 Å². The van der Waals surface area contributed by atoms with Crippen molar-refractivity contribution in [1.82, 2.24) is 4.31 Å². The van der Waals surface area contributed by atoms with Crippen molar-refractivity contribution in [3.63, 3.8) is 0 Å². The lowest BCUT2D eigenvalue weighted by atomic mass is 9.93. The zero-order valence-electron chi connectivity index (χ0n) is 11.3. The van der Waals surface area contributed by atoms with Crippen LogP contribution in [0, 0.1) is 5.41 Å². The molecule has 0 unspecified atom stereocenters. The average molecular weight is 318 g/mol. The molecule has 1 fully saturated rings. The summed E-state index contributed by atoms with van der Waals surface area (Å²) < 4.78 is 26.4. The third-order valence-corrected chi connectivity index (χ3v) is 5.62. The maximum atomic E-state index is 12.5.